The molecule has 2 heterocycles. The van der Waals surface area contributed by atoms with Gasteiger partial charge in [-0.05, 0) is 18.9 Å². The number of fused-ring (bicyclic) bond motifs is 1. The standard InChI is InChI=1S/C15H15N5/c16-14-12(13(8-5-6-8)19-15(17)20-14)10-7-18-11-4-2-1-3-9(10)11/h1-4,7-8,18H,5-6H2,(H4,16,17,19,20). The van der Waals surface area contributed by atoms with Gasteiger partial charge in [-0.2, -0.15) is 4.98 Å². The van der Waals surface area contributed by atoms with Gasteiger partial charge in [0.1, 0.15) is 5.82 Å². The summed E-state index contributed by atoms with van der Waals surface area (Å²) in [5, 5.41) is 1.13. The van der Waals surface area contributed by atoms with Gasteiger partial charge in [0.25, 0.3) is 0 Å². The summed E-state index contributed by atoms with van der Waals surface area (Å²) in [4.78, 5) is 11.8. The summed E-state index contributed by atoms with van der Waals surface area (Å²) in [6.45, 7) is 0. The number of hydrogen-bond acceptors (Lipinski definition) is 4. The number of hydrogen-bond donors (Lipinski definition) is 3. The Morgan fingerprint density at radius 3 is 2.70 bits per heavy atom. The molecule has 1 aliphatic rings. The van der Waals surface area contributed by atoms with Crippen LogP contribution in [-0.4, -0.2) is 15.0 Å². The Balaban J connectivity index is 2.02. The molecule has 5 heteroatoms. The van der Waals surface area contributed by atoms with Gasteiger partial charge >= 0.3 is 0 Å². The van der Waals surface area contributed by atoms with Crippen molar-refractivity contribution < 1.29 is 0 Å². The zero-order valence-electron chi connectivity index (χ0n) is 10.9. The molecule has 0 amide bonds. The molecule has 0 spiro atoms. The van der Waals surface area contributed by atoms with Gasteiger partial charge in [-0.3, -0.25) is 0 Å². The van der Waals surface area contributed by atoms with Crippen LogP contribution in [-0.2, 0) is 0 Å². The highest BCUT2D eigenvalue weighted by atomic mass is 15.0. The van der Waals surface area contributed by atoms with E-state index >= 15 is 0 Å². The van der Waals surface area contributed by atoms with Gasteiger partial charge in [0.05, 0.1) is 5.69 Å². The number of H-pyrrole nitrogens is 1. The Morgan fingerprint density at radius 2 is 1.90 bits per heavy atom. The first-order chi connectivity index (χ1) is 9.74. The summed E-state index contributed by atoms with van der Waals surface area (Å²) in [6, 6.07) is 8.15. The van der Waals surface area contributed by atoms with Gasteiger partial charge in [-0.15, -0.1) is 0 Å². The molecule has 1 fully saturated rings. The van der Waals surface area contributed by atoms with Crippen molar-refractivity contribution in [3.05, 3.63) is 36.2 Å². The van der Waals surface area contributed by atoms with Crippen LogP contribution >= 0.6 is 0 Å². The fourth-order valence-electron chi connectivity index (χ4n) is 2.72. The zero-order chi connectivity index (χ0) is 13.7. The van der Waals surface area contributed by atoms with E-state index < -0.39 is 0 Å². The first-order valence-electron chi connectivity index (χ1n) is 6.73. The number of nitrogens with two attached hydrogens (primary N) is 2. The lowest BCUT2D eigenvalue weighted by molar-refractivity contribution is 1.01. The van der Waals surface area contributed by atoms with E-state index in [9.17, 15) is 0 Å². The van der Waals surface area contributed by atoms with Crippen LogP contribution in [0.5, 0.6) is 0 Å². The van der Waals surface area contributed by atoms with E-state index in [0.29, 0.717) is 11.7 Å². The molecule has 0 saturated heterocycles. The van der Waals surface area contributed by atoms with Crippen LogP contribution in [0, 0.1) is 0 Å². The van der Waals surface area contributed by atoms with E-state index in [4.69, 9.17) is 11.5 Å². The molecule has 0 aliphatic heterocycles. The Labute approximate surface area is 116 Å². The predicted molar refractivity (Wildman–Crippen MR) is 80.1 cm³/mol. The molecule has 0 bridgehead atoms. The van der Waals surface area contributed by atoms with Gasteiger partial charge in [0.2, 0.25) is 5.95 Å². The molecule has 1 aliphatic carbocycles. The average Bonchev–Trinajstić information content (AvgIpc) is 3.19. The van der Waals surface area contributed by atoms with E-state index in [-0.39, 0.29) is 5.95 Å². The maximum Gasteiger partial charge on any atom is 0.222 e. The second-order valence-electron chi connectivity index (χ2n) is 5.25. The fraction of sp³-hybridized carbons (Fsp3) is 0.200. The van der Waals surface area contributed by atoms with Gasteiger partial charge in [-0.25, -0.2) is 4.98 Å². The lowest BCUT2D eigenvalue weighted by Gasteiger charge is -2.10. The highest BCUT2D eigenvalue weighted by molar-refractivity contribution is 5.98. The molecule has 0 unspecified atom stereocenters. The molecule has 2 aromatic heterocycles. The van der Waals surface area contributed by atoms with Gasteiger partial charge in [0, 0.05) is 34.1 Å². The monoisotopic (exact) mass is 265 g/mol. The van der Waals surface area contributed by atoms with E-state index in [0.717, 1.165) is 40.6 Å². The van der Waals surface area contributed by atoms with Crippen LogP contribution in [0.2, 0.25) is 0 Å². The summed E-state index contributed by atoms with van der Waals surface area (Å²) >= 11 is 0. The van der Waals surface area contributed by atoms with Gasteiger partial charge < -0.3 is 16.5 Å². The van der Waals surface area contributed by atoms with Crippen LogP contribution in [0.15, 0.2) is 30.5 Å². The smallest absolute Gasteiger partial charge is 0.222 e. The molecule has 1 aromatic carbocycles. The molecule has 5 nitrogen and oxygen atoms in total. The number of nitrogens with one attached hydrogen (secondary N) is 1. The summed E-state index contributed by atoms with van der Waals surface area (Å²) in [6.07, 6.45) is 4.26. The molecule has 0 atom stereocenters. The fourth-order valence-corrected chi connectivity index (χ4v) is 2.72. The summed E-state index contributed by atoms with van der Waals surface area (Å²) in [7, 11) is 0. The Morgan fingerprint density at radius 1 is 1.10 bits per heavy atom. The second-order valence-corrected chi connectivity index (χ2v) is 5.25. The molecular weight excluding hydrogens is 250 g/mol. The van der Waals surface area contributed by atoms with E-state index in [1.807, 2.05) is 24.4 Å². The summed E-state index contributed by atoms with van der Waals surface area (Å²) < 4.78 is 0. The molecule has 1 saturated carbocycles. The van der Waals surface area contributed by atoms with Crippen LogP contribution in [0.4, 0.5) is 11.8 Å². The second kappa shape index (κ2) is 3.96. The maximum atomic E-state index is 6.13. The van der Waals surface area contributed by atoms with Crippen LogP contribution in [0.1, 0.15) is 24.5 Å². The SMILES string of the molecule is Nc1nc(N)c(-c2c[nH]c3ccccc23)c(C2CC2)n1. The van der Waals surface area contributed by atoms with Crippen molar-refractivity contribution in [1.29, 1.82) is 0 Å². The number of rotatable bonds is 2. The predicted octanol–water partition coefficient (Wildman–Crippen LogP) is 2.67. The number of aromatic amines is 1. The molecule has 0 radical (unpaired) electrons. The van der Waals surface area contributed by atoms with Crippen molar-refractivity contribution >= 4 is 22.7 Å². The third kappa shape index (κ3) is 1.63. The topological polar surface area (TPSA) is 93.6 Å². The van der Waals surface area contributed by atoms with Gasteiger partial charge in [0.15, 0.2) is 0 Å². The Kier molecular flexibility index (Phi) is 2.24. The highest BCUT2D eigenvalue weighted by Crippen LogP contribution is 2.46. The normalized spacial score (nSPS) is 14.8. The Hall–Kier alpha value is -2.56. The summed E-state index contributed by atoms with van der Waals surface area (Å²) in [5.41, 5.74) is 15.9. The van der Waals surface area contributed by atoms with Crippen LogP contribution in [0.3, 0.4) is 0 Å². The molecule has 20 heavy (non-hydrogen) atoms. The van der Waals surface area contributed by atoms with Gasteiger partial charge in [-0.1, -0.05) is 18.2 Å². The van der Waals surface area contributed by atoms with Crippen molar-refractivity contribution in [3.8, 4) is 11.1 Å². The minimum absolute atomic E-state index is 0.257. The maximum absolute atomic E-state index is 6.13. The van der Waals surface area contributed by atoms with Crippen molar-refractivity contribution in [1.82, 2.24) is 15.0 Å². The van der Waals surface area contributed by atoms with Crippen LogP contribution in [0.25, 0.3) is 22.0 Å². The largest absolute Gasteiger partial charge is 0.383 e. The third-order valence-corrected chi connectivity index (χ3v) is 3.80. The Bertz CT molecular complexity index is 801. The van der Waals surface area contributed by atoms with Crippen LogP contribution < -0.4 is 11.5 Å². The molecule has 5 N–H and O–H groups in total. The minimum Gasteiger partial charge on any atom is -0.383 e. The average molecular weight is 265 g/mol. The highest BCUT2D eigenvalue weighted by Gasteiger charge is 2.30. The van der Waals surface area contributed by atoms with E-state index in [1.165, 1.54) is 0 Å². The first-order valence-corrected chi connectivity index (χ1v) is 6.73. The quantitative estimate of drug-likeness (QED) is 0.664. The molecular formula is C15H15N5. The lowest BCUT2D eigenvalue weighted by Crippen LogP contribution is -2.06. The van der Waals surface area contributed by atoms with Crippen molar-refractivity contribution in [3.63, 3.8) is 0 Å². The van der Waals surface area contributed by atoms with E-state index in [2.05, 4.69) is 21.0 Å². The number of aromatic nitrogens is 3. The number of anilines is 2. The number of nitrogen functional groups attached to an aromatic ring is 2. The van der Waals surface area contributed by atoms with E-state index in [1.54, 1.807) is 0 Å². The number of para-hydroxylation sites is 1. The van der Waals surface area contributed by atoms with Crippen molar-refractivity contribution in [2.75, 3.05) is 11.5 Å². The number of benzene rings is 1. The third-order valence-electron chi connectivity index (χ3n) is 3.80. The summed E-state index contributed by atoms with van der Waals surface area (Å²) in [5.74, 6) is 1.18. The minimum atomic E-state index is 0.257. The molecule has 4 rings (SSSR count). The van der Waals surface area contributed by atoms with Crippen molar-refractivity contribution in [2.24, 2.45) is 0 Å². The molecule has 3 aromatic rings. The number of nitrogens with zero attached hydrogens (tertiary/aromatic N) is 2. The van der Waals surface area contributed by atoms with Crippen molar-refractivity contribution in [2.45, 2.75) is 18.8 Å². The lowest BCUT2D eigenvalue weighted by atomic mass is 10.0. The molecule has 100 valence electrons. The first kappa shape index (κ1) is 11.3. The zero-order valence-corrected chi connectivity index (χ0v) is 10.9.